The lowest BCUT2D eigenvalue weighted by molar-refractivity contribution is 0.0747. The van der Waals surface area contributed by atoms with Crippen LogP contribution >= 0.6 is 11.6 Å². The number of aryl methyl sites for hydroxylation is 1. The van der Waals surface area contributed by atoms with E-state index in [0.717, 1.165) is 19.4 Å². The molecule has 18 heavy (non-hydrogen) atoms. The first-order valence-corrected chi connectivity index (χ1v) is 6.56. The minimum Gasteiger partial charge on any atom is -0.341 e. The summed E-state index contributed by atoms with van der Waals surface area (Å²) in [5.74, 6) is 0.164. The van der Waals surface area contributed by atoms with Crippen molar-refractivity contribution in [3.8, 4) is 0 Å². The summed E-state index contributed by atoms with van der Waals surface area (Å²) in [6, 6.07) is 4.47. The fraction of sp³-hybridized carbons (Fsp3) is 0.500. The molecule has 0 aliphatic heterocycles. The summed E-state index contributed by atoms with van der Waals surface area (Å²) in [7, 11) is 1.78. The Bertz CT molecular complexity index is 457. The normalized spacial score (nSPS) is 22.4. The monoisotopic (exact) mass is 269 g/mol. The van der Waals surface area contributed by atoms with Crippen molar-refractivity contribution in [2.24, 2.45) is 5.92 Å². The predicted molar refractivity (Wildman–Crippen MR) is 70.5 cm³/mol. The van der Waals surface area contributed by atoms with Crippen LogP contribution in [0.2, 0.25) is 0 Å². The van der Waals surface area contributed by atoms with E-state index >= 15 is 0 Å². The van der Waals surface area contributed by atoms with Gasteiger partial charge in [0, 0.05) is 24.5 Å². The van der Waals surface area contributed by atoms with Crippen LogP contribution in [0.15, 0.2) is 18.2 Å². The number of benzene rings is 1. The molecule has 98 valence electrons. The third-order valence-electron chi connectivity index (χ3n) is 3.46. The van der Waals surface area contributed by atoms with E-state index in [4.69, 9.17) is 11.6 Å². The lowest BCUT2D eigenvalue weighted by atomic mass is 9.84. The maximum absolute atomic E-state index is 13.1. The average Bonchev–Trinajstić information content (AvgIpc) is 2.29. The topological polar surface area (TPSA) is 20.3 Å². The Labute approximate surface area is 112 Å². The zero-order valence-electron chi connectivity index (χ0n) is 10.6. The summed E-state index contributed by atoms with van der Waals surface area (Å²) in [6.07, 6.45) is 1.95. The summed E-state index contributed by atoms with van der Waals surface area (Å²) in [4.78, 5) is 13.8. The SMILES string of the molecule is Cc1cc(C(=O)N(C)CC2CC(Cl)C2)ccc1F. The van der Waals surface area contributed by atoms with Crippen LogP contribution in [0, 0.1) is 18.7 Å². The maximum atomic E-state index is 13.1. The van der Waals surface area contributed by atoms with E-state index in [1.54, 1.807) is 24.9 Å². The second kappa shape index (κ2) is 5.27. The molecular formula is C14H17ClFNO. The van der Waals surface area contributed by atoms with Crippen LogP contribution in [0.3, 0.4) is 0 Å². The molecule has 4 heteroatoms. The van der Waals surface area contributed by atoms with E-state index in [0.29, 0.717) is 17.0 Å². The quantitative estimate of drug-likeness (QED) is 0.772. The number of carbonyl (C=O) groups excluding carboxylic acids is 1. The Morgan fingerprint density at radius 1 is 1.50 bits per heavy atom. The van der Waals surface area contributed by atoms with Crippen molar-refractivity contribution in [1.29, 1.82) is 0 Å². The van der Waals surface area contributed by atoms with Gasteiger partial charge in [-0.3, -0.25) is 4.79 Å². The fourth-order valence-electron chi connectivity index (χ4n) is 2.27. The van der Waals surface area contributed by atoms with Gasteiger partial charge in [0.2, 0.25) is 0 Å². The lowest BCUT2D eigenvalue weighted by Gasteiger charge is -2.34. The van der Waals surface area contributed by atoms with Crippen molar-refractivity contribution >= 4 is 17.5 Å². The Morgan fingerprint density at radius 2 is 2.17 bits per heavy atom. The first-order valence-electron chi connectivity index (χ1n) is 6.13. The minimum absolute atomic E-state index is 0.0591. The van der Waals surface area contributed by atoms with Crippen LogP contribution in [0.25, 0.3) is 0 Å². The highest BCUT2D eigenvalue weighted by atomic mass is 35.5. The van der Waals surface area contributed by atoms with Gasteiger partial charge in [0.1, 0.15) is 5.82 Å². The Kier molecular flexibility index (Phi) is 3.91. The molecule has 1 fully saturated rings. The van der Waals surface area contributed by atoms with E-state index in [1.807, 2.05) is 0 Å². The van der Waals surface area contributed by atoms with Gasteiger partial charge in [-0.2, -0.15) is 0 Å². The Morgan fingerprint density at radius 3 is 2.72 bits per heavy atom. The third kappa shape index (κ3) is 2.83. The molecule has 0 saturated heterocycles. The molecule has 0 radical (unpaired) electrons. The number of amides is 1. The van der Waals surface area contributed by atoms with E-state index < -0.39 is 0 Å². The van der Waals surface area contributed by atoms with Crippen molar-refractivity contribution in [2.45, 2.75) is 25.1 Å². The number of halogens is 2. The van der Waals surface area contributed by atoms with Crippen molar-refractivity contribution in [3.05, 3.63) is 35.1 Å². The molecule has 0 aromatic heterocycles. The van der Waals surface area contributed by atoms with Crippen molar-refractivity contribution in [3.63, 3.8) is 0 Å². The second-order valence-corrected chi connectivity index (χ2v) is 5.70. The minimum atomic E-state index is -0.279. The number of nitrogens with zero attached hydrogens (tertiary/aromatic N) is 1. The number of rotatable bonds is 3. The number of alkyl halides is 1. The van der Waals surface area contributed by atoms with Gasteiger partial charge in [-0.1, -0.05) is 0 Å². The average molecular weight is 270 g/mol. The van der Waals surface area contributed by atoms with Crippen LogP contribution in [0.4, 0.5) is 4.39 Å². The van der Waals surface area contributed by atoms with Gasteiger partial charge in [0.15, 0.2) is 0 Å². The molecule has 2 nitrogen and oxygen atoms in total. The van der Waals surface area contributed by atoms with Crippen LogP contribution in [0.5, 0.6) is 0 Å². The molecule has 1 aromatic rings. The third-order valence-corrected chi connectivity index (χ3v) is 3.82. The molecule has 2 rings (SSSR count). The summed E-state index contributed by atoms with van der Waals surface area (Å²) < 4.78 is 13.1. The zero-order chi connectivity index (χ0) is 13.3. The van der Waals surface area contributed by atoms with Crippen molar-refractivity contribution < 1.29 is 9.18 Å². The molecule has 1 aliphatic carbocycles. The van der Waals surface area contributed by atoms with E-state index in [1.165, 1.54) is 12.1 Å². The highest BCUT2D eigenvalue weighted by molar-refractivity contribution is 6.21. The predicted octanol–water partition coefficient (Wildman–Crippen LogP) is 3.22. The number of hydrogen-bond acceptors (Lipinski definition) is 1. The highest BCUT2D eigenvalue weighted by Crippen LogP contribution is 2.32. The standard InChI is InChI=1S/C14H17ClFNO/c1-9-5-11(3-4-13(9)16)14(18)17(2)8-10-6-12(15)7-10/h3-5,10,12H,6-8H2,1-2H3. The lowest BCUT2D eigenvalue weighted by Crippen LogP contribution is -2.37. The summed E-state index contributed by atoms with van der Waals surface area (Å²) >= 11 is 5.92. The molecule has 1 aromatic carbocycles. The van der Waals surface area contributed by atoms with Gasteiger partial charge < -0.3 is 4.90 Å². The van der Waals surface area contributed by atoms with E-state index in [9.17, 15) is 9.18 Å². The largest absolute Gasteiger partial charge is 0.341 e. The smallest absolute Gasteiger partial charge is 0.253 e. The van der Waals surface area contributed by atoms with Crippen molar-refractivity contribution in [1.82, 2.24) is 4.90 Å². The molecule has 1 amide bonds. The van der Waals surface area contributed by atoms with Crippen molar-refractivity contribution in [2.75, 3.05) is 13.6 Å². The molecule has 1 saturated carbocycles. The Hall–Kier alpha value is -1.09. The Balaban J connectivity index is 1.99. The molecular weight excluding hydrogens is 253 g/mol. The zero-order valence-corrected chi connectivity index (χ0v) is 11.4. The summed E-state index contributed by atoms with van der Waals surface area (Å²) in [6.45, 7) is 2.38. The fourth-order valence-corrected chi connectivity index (χ4v) is 2.78. The van der Waals surface area contributed by atoms with Gasteiger partial charge in [-0.25, -0.2) is 4.39 Å². The molecule has 0 bridgehead atoms. The van der Waals surface area contributed by atoms with Gasteiger partial charge in [-0.05, 0) is 49.4 Å². The van der Waals surface area contributed by atoms with Crippen LogP contribution < -0.4 is 0 Å². The number of carbonyl (C=O) groups is 1. The molecule has 0 N–H and O–H groups in total. The second-order valence-electron chi connectivity index (χ2n) is 5.08. The van der Waals surface area contributed by atoms with Crippen LogP contribution in [-0.4, -0.2) is 29.8 Å². The number of hydrogen-bond donors (Lipinski definition) is 0. The van der Waals surface area contributed by atoms with Crippen LogP contribution in [0.1, 0.15) is 28.8 Å². The van der Waals surface area contributed by atoms with Gasteiger partial charge in [0.05, 0.1) is 0 Å². The molecule has 0 atom stereocenters. The first-order chi connectivity index (χ1) is 8.47. The molecule has 0 spiro atoms. The van der Waals surface area contributed by atoms with E-state index in [-0.39, 0.29) is 17.1 Å². The van der Waals surface area contributed by atoms with Crippen LogP contribution in [-0.2, 0) is 0 Å². The van der Waals surface area contributed by atoms with E-state index in [2.05, 4.69) is 0 Å². The van der Waals surface area contributed by atoms with Gasteiger partial charge >= 0.3 is 0 Å². The maximum Gasteiger partial charge on any atom is 0.253 e. The summed E-state index contributed by atoms with van der Waals surface area (Å²) in [5.41, 5.74) is 1.04. The molecule has 1 aliphatic rings. The van der Waals surface area contributed by atoms with Gasteiger partial charge in [0.25, 0.3) is 5.91 Å². The highest BCUT2D eigenvalue weighted by Gasteiger charge is 2.29. The van der Waals surface area contributed by atoms with Gasteiger partial charge in [-0.15, -0.1) is 11.6 Å². The first kappa shape index (κ1) is 13.3. The molecule has 0 unspecified atom stereocenters. The molecule has 0 heterocycles. The summed E-state index contributed by atoms with van der Waals surface area (Å²) in [5, 5.41) is 0.270.